The summed E-state index contributed by atoms with van der Waals surface area (Å²) in [6, 6.07) is 13.8. The van der Waals surface area contributed by atoms with E-state index in [1.54, 1.807) is 7.11 Å². The SMILES string of the molecule is Br.COc1ccc(N(CC(=O)c2ccc(C)cc2C)C2=NCCCC2)cc1. The minimum Gasteiger partial charge on any atom is -0.497 e. The minimum atomic E-state index is 0. The number of Topliss-reactive ketones (excluding diaryl/α,β-unsaturated/α-hetero) is 1. The van der Waals surface area contributed by atoms with E-state index in [9.17, 15) is 4.79 Å². The number of halogens is 1. The summed E-state index contributed by atoms with van der Waals surface area (Å²) in [5, 5.41) is 0. The van der Waals surface area contributed by atoms with Crippen molar-refractivity contribution in [2.24, 2.45) is 4.99 Å². The minimum absolute atomic E-state index is 0. The van der Waals surface area contributed by atoms with E-state index >= 15 is 0 Å². The second kappa shape index (κ2) is 9.70. The molecule has 0 amide bonds. The molecule has 5 heteroatoms. The monoisotopic (exact) mass is 430 g/mol. The number of anilines is 1. The van der Waals surface area contributed by atoms with Gasteiger partial charge in [0.15, 0.2) is 5.78 Å². The fourth-order valence-electron chi connectivity index (χ4n) is 3.35. The lowest BCUT2D eigenvalue weighted by molar-refractivity contribution is 0.100. The summed E-state index contributed by atoms with van der Waals surface area (Å²) in [6.07, 6.45) is 3.14. The molecular formula is C22H27BrN2O2. The van der Waals surface area contributed by atoms with Crippen LogP contribution in [0.4, 0.5) is 5.69 Å². The van der Waals surface area contributed by atoms with E-state index in [2.05, 4.69) is 11.0 Å². The molecule has 0 bridgehead atoms. The number of hydrogen-bond donors (Lipinski definition) is 0. The molecule has 27 heavy (non-hydrogen) atoms. The first-order valence-electron chi connectivity index (χ1n) is 9.14. The second-order valence-corrected chi connectivity index (χ2v) is 6.78. The summed E-state index contributed by atoms with van der Waals surface area (Å²) in [7, 11) is 1.65. The lowest BCUT2D eigenvalue weighted by Gasteiger charge is -2.28. The molecule has 0 radical (unpaired) electrons. The highest BCUT2D eigenvalue weighted by atomic mass is 79.9. The van der Waals surface area contributed by atoms with Crippen molar-refractivity contribution in [1.29, 1.82) is 0 Å². The van der Waals surface area contributed by atoms with Gasteiger partial charge in [0.1, 0.15) is 11.6 Å². The predicted octanol–water partition coefficient (Wildman–Crippen LogP) is 5.16. The van der Waals surface area contributed by atoms with Gasteiger partial charge in [0.25, 0.3) is 0 Å². The third-order valence-corrected chi connectivity index (χ3v) is 4.78. The molecule has 0 fully saturated rings. The quantitative estimate of drug-likeness (QED) is 0.614. The van der Waals surface area contributed by atoms with Gasteiger partial charge in [-0.25, -0.2) is 0 Å². The zero-order chi connectivity index (χ0) is 18.5. The number of nitrogens with zero attached hydrogens (tertiary/aromatic N) is 2. The van der Waals surface area contributed by atoms with Crippen molar-refractivity contribution in [3.05, 3.63) is 59.2 Å². The van der Waals surface area contributed by atoms with Gasteiger partial charge in [-0.2, -0.15) is 0 Å². The molecule has 4 nitrogen and oxygen atoms in total. The van der Waals surface area contributed by atoms with Gasteiger partial charge in [0.05, 0.1) is 13.7 Å². The van der Waals surface area contributed by atoms with Gasteiger partial charge in [-0.15, -0.1) is 17.0 Å². The highest BCUT2D eigenvalue weighted by Gasteiger charge is 2.20. The maximum atomic E-state index is 13.0. The molecule has 0 unspecified atom stereocenters. The molecular weight excluding hydrogens is 404 g/mol. The molecule has 0 saturated carbocycles. The first-order chi connectivity index (χ1) is 12.6. The smallest absolute Gasteiger partial charge is 0.182 e. The fraction of sp³-hybridized carbons (Fsp3) is 0.364. The van der Waals surface area contributed by atoms with Gasteiger partial charge in [-0.05, 0) is 56.5 Å². The topological polar surface area (TPSA) is 41.9 Å². The molecule has 1 heterocycles. The number of aryl methyl sites for hydroxylation is 2. The number of hydrogen-bond acceptors (Lipinski definition) is 4. The fourth-order valence-corrected chi connectivity index (χ4v) is 3.35. The Bertz CT molecular complexity index is 816. The summed E-state index contributed by atoms with van der Waals surface area (Å²) in [4.78, 5) is 19.8. The second-order valence-electron chi connectivity index (χ2n) is 6.78. The van der Waals surface area contributed by atoms with Gasteiger partial charge in [-0.3, -0.25) is 9.79 Å². The van der Waals surface area contributed by atoms with Crippen LogP contribution < -0.4 is 9.64 Å². The third-order valence-electron chi connectivity index (χ3n) is 4.78. The molecule has 2 aromatic carbocycles. The Kier molecular flexibility index (Phi) is 7.60. The molecule has 2 aromatic rings. The Labute approximate surface area is 172 Å². The summed E-state index contributed by atoms with van der Waals surface area (Å²) < 4.78 is 5.26. The third kappa shape index (κ3) is 5.19. The normalized spacial score (nSPS) is 13.4. The molecule has 1 aliphatic heterocycles. The van der Waals surface area contributed by atoms with E-state index in [0.717, 1.165) is 54.2 Å². The largest absolute Gasteiger partial charge is 0.497 e. The van der Waals surface area contributed by atoms with E-state index in [4.69, 9.17) is 9.73 Å². The zero-order valence-corrected chi connectivity index (χ0v) is 17.9. The Morgan fingerprint density at radius 1 is 1.11 bits per heavy atom. The molecule has 0 N–H and O–H groups in total. The van der Waals surface area contributed by atoms with E-state index in [1.165, 1.54) is 5.56 Å². The van der Waals surface area contributed by atoms with Gasteiger partial charge in [0.2, 0.25) is 0 Å². The summed E-state index contributed by atoms with van der Waals surface area (Å²) in [5.41, 5.74) is 3.95. The average molecular weight is 431 g/mol. The summed E-state index contributed by atoms with van der Waals surface area (Å²) in [5.74, 6) is 1.92. The Hall–Kier alpha value is -2.14. The molecule has 0 aliphatic carbocycles. The van der Waals surface area contributed by atoms with Gasteiger partial charge < -0.3 is 9.64 Å². The highest BCUT2D eigenvalue weighted by Crippen LogP contribution is 2.23. The number of carbonyl (C=O) groups is 1. The lowest BCUT2D eigenvalue weighted by atomic mass is 10.0. The zero-order valence-electron chi connectivity index (χ0n) is 16.2. The maximum Gasteiger partial charge on any atom is 0.182 e. The van der Waals surface area contributed by atoms with Gasteiger partial charge in [0, 0.05) is 24.2 Å². The van der Waals surface area contributed by atoms with Gasteiger partial charge >= 0.3 is 0 Å². The van der Waals surface area contributed by atoms with E-state index in [0.29, 0.717) is 6.54 Å². The number of amidine groups is 1. The number of aliphatic imine (C=N–C) groups is 1. The molecule has 0 atom stereocenters. The van der Waals surface area contributed by atoms with Crippen LogP contribution in [0, 0.1) is 13.8 Å². The molecule has 0 spiro atoms. The van der Waals surface area contributed by atoms with Crippen molar-refractivity contribution >= 4 is 34.3 Å². The van der Waals surface area contributed by atoms with Crippen molar-refractivity contribution < 1.29 is 9.53 Å². The van der Waals surface area contributed by atoms with Crippen LogP contribution in [0.15, 0.2) is 47.5 Å². The average Bonchev–Trinajstić information content (AvgIpc) is 2.67. The maximum absolute atomic E-state index is 13.0. The van der Waals surface area contributed by atoms with Crippen LogP contribution in [0.2, 0.25) is 0 Å². The van der Waals surface area contributed by atoms with E-state index in [1.807, 2.05) is 50.2 Å². The Morgan fingerprint density at radius 2 is 1.85 bits per heavy atom. The number of rotatable bonds is 5. The summed E-state index contributed by atoms with van der Waals surface area (Å²) >= 11 is 0. The Morgan fingerprint density at radius 3 is 2.44 bits per heavy atom. The number of benzene rings is 2. The van der Waals surface area contributed by atoms with Crippen molar-refractivity contribution in [3.63, 3.8) is 0 Å². The molecule has 1 aliphatic rings. The van der Waals surface area contributed by atoms with Crippen LogP contribution >= 0.6 is 17.0 Å². The predicted molar refractivity (Wildman–Crippen MR) is 117 cm³/mol. The standard InChI is InChI=1S/C22H26N2O2.BrH/c1-16-7-12-20(17(2)14-16)21(25)15-24(22-6-4-5-13-23-22)18-8-10-19(26-3)11-9-18;/h7-12,14H,4-6,13,15H2,1-3H3;1H. The van der Waals surface area contributed by atoms with Crippen molar-refractivity contribution in [2.45, 2.75) is 33.1 Å². The van der Waals surface area contributed by atoms with Crippen molar-refractivity contribution in [1.82, 2.24) is 0 Å². The van der Waals surface area contributed by atoms with Crippen molar-refractivity contribution in [2.75, 3.05) is 25.1 Å². The number of ether oxygens (including phenoxy) is 1. The van der Waals surface area contributed by atoms with Gasteiger partial charge in [-0.1, -0.05) is 23.8 Å². The van der Waals surface area contributed by atoms with Crippen LogP contribution in [0.1, 0.15) is 40.7 Å². The van der Waals surface area contributed by atoms with Crippen LogP contribution in [0.3, 0.4) is 0 Å². The van der Waals surface area contributed by atoms with Crippen molar-refractivity contribution in [3.8, 4) is 5.75 Å². The molecule has 144 valence electrons. The Balaban J connectivity index is 0.00000261. The molecule has 0 aromatic heterocycles. The number of methoxy groups -OCH3 is 1. The first-order valence-corrected chi connectivity index (χ1v) is 9.14. The lowest BCUT2D eigenvalue weighted by Crippen LogP contribution is -2.37. The van der Waals surface area contributed by atoms with Crippen LogP contribution in [-0.4, -0.2) is 31.8 Å². The van der Waals surface area contributed by atoms with Crippen LogP contribution in [0.25, 0.3) is 0 Å². The number of ketones is 1. The van der Waals surface area contributed by atoms with Crippen LogP contribution in [-0.2, 0) is 0 Å². The van der Waals surface area contributed by atoms with E-state index in [-0.39, 0.29) is 22.8 Å². The number of carbonyl (C=O) groups excluding carboxylic acids is 1. The molecule has 3 rings (SSSR count). The summed E-state index contributed by atoms with van der Waals surface area (Å²) in [6.45, 7) is 5.17. The van der Waals surface area contributed by atoms with Crippen LogP contribution in [0.5, 0.6) is 5.75 Å². The van der Waals surface area contributed by atoms with E-state index < -0.39 is 0 Å². The first kappa shape index (κ1) is 21.2. The highest BCUT2D eigenvalue weighted by molar-refractivity contribution is 8.93. The molecule has 0 saturated heterocycles.